The Bertz CT molecular complexity index is 589. The molecule has 6 heteroatoms. The number of rotatable bonds is 2. The molecular weight excluding hydrogens is 274 g/mol. The molecule has 1 N–H and O–H groups in total. The van der Waals surface area contributed by atoms with E-state index in [1.165, 1.54) is 6.20 Å². The summed E-state index contributed by atoms with van der Waals surface area (Å²) in [5.41, 5.74) is 1.00. The fourth-order valence-electron chi connectivity index (χ4n) is 1.66. The lowest BCUT2D eigenvalue weighted by molar-refractivity contribution is 0.0691. The smallest absolute Gasteiger partial charge is 0.356 e. The van der Waals surface area contributed by atoms with Crippen LogP contribution in [0.25, 0.3) is 5.78 Å². The Hall–Kier alpha value is -1.43. The Morgan fingerprint density at radius 3 is 2.81 bits per heavy atom. The maximum atomic E-state index is 10.8. The number of nitrogens with zero attached hydrogens (tertiary/aromatic N) is 3. The molecule has 0 aromatic carbocycles. The van der Waals surface area contributed by atoms with Gasteiger partial charge in [-0.2, -0.15) is 0 Å². The van der Waals surface area contributed by atoms with Gasteiger partial charge < -0.3 is 5.11 Å². The molecule has 0 radical (unpaired) electrons. The third kappa shape index (κ3) is 1.49. The van der Waals surface area contributed by atoms with Crippen LogP contribution in [-0.4, -0.2) is 25.4 Å². The van der Waals surface area contributed by atoms with E-state index in [0.29, 0.717) is 11.7 Å². The van der Waals surface area contributed by atoms with E-state index >= 15 is 0 Å². The Morgan fingerprint density at radius 2 is 2.19 bits per heavy atom. The number of hydrogen-bond acceptors (Lipinski definition) is 3. The summed E-state index contributed by atoms with van der Waals surface area (Å²) in [6.07, 6.45) is 5.57. The van der Waals surface area contributed by atoms with Crippen LogP contribution in [0.2, 0.25) is 0 Å². The van der Waals surface area contributed by atoms with E-state index in [1.54, 1.807) is 4.40 Å². The Morgan fingerprint density at radius 1 is 1.44 bits per heavy atom. The number of imidazole rings is 1. The molecule has 5 nitrogen and oxygen atoms in total. The molecule has 2 aromatic heterocycles. The van der Waals surface area contributed by atoms with E-state index < -0.39 is 5.97 Å². The van der Waals surface area contributed by atoms with Gasteiger partial charge in [0.05, 0.1) is 10.2 Å². The summed E-state index contributed by atoms with van der Waals surface area (Å²) in [6, 6.07) is 0. The number of aromatic carboxylic acids is 1. The van der Waals surface area contributed by atoms with Crippen LogP contribution >= 0.6 is 15.9 Å². The first-order valence-corrected chi connectivity index (χ1v) is 5.73. The topological polar surface area (TPSA) is 67.5 Å². The molecule has 0 atom stereocenters. The first-order chi connectivity index (χ1) is 7.65. The summed E-state index contributed by atoms with van der Waals surface area (Å²) in [5.74, 6) is -0.0820. The average molecular weight is 282 g/mol. The predicted octanol–water partition coefficient (Wildman–Crippen LogP) is 2.07. The molecule has 2 aromatic rings. The first-order valence-electron chi connectivity index (χ1n) is 4.93. The highest BCUT2D eigenvalue weighted by Crippen LogP contribution is 2.42. The van der Waals surface area contributed by atoms with Crippen molar-refractivity contribution in [2.75, 3.05) is 0 Å². The third-order valence-corrected chi connectivity index (χ3v) is 3.22. The van der Waals surface area contributed by atoms with Gasteiger partial charge in [0.15, 0.2) is 5.69 Å². The van der Waals surface area contributed by atoms with E-state index in [4.69, 9.17) is 5.11 Å². The molecule has 16 heavy (non-hydrogen) atoms. The molecule has 1 aliphatic carbocycles. The second-order valence-corrected chi connectivity index (χ2v) is 4.74. The zero-order valence-corrected chi connectivity index (χ0v) is 9.81. The normalized spacial score (nSPS) is 15.6. The predicted molar refractivity (Wildman–Crippen MR) is 59.6 cm³/mol. The number of carboxylic acid groups (broad SMARTS) is 1. The number of aromatic nitrogens is 3. The highest BCUT2D eigenvalue weighted by molar-refractivity contribution is 9.10. The van der Waals surface area contributed by atoms with Crippen molar-refractivity contribution in [2.24, 2.45) is 0 Å². The van der Waals surface area contributed by atoms with Crippen LogP contribution in [-0.2, 0) is 0 Å². The van der Waals surface area contributed by atoms with Crippen LogP contribution in [0.1, 0.15) is 34.9 Å². The summed E-state index contributed by atoms with van der Waals surface area (Å²) >= 11 is 3.45. The number of fused-ring (bicyclic) bond motifs is 1. The highest BCUT2D eigenvalue weighted by Gasteiger charge is 2.28. The fourth-order valence-corrected chi connectivity index (χ4v) is 2.29. The van der Waals surface area contributed by atoms with Gasteiger partial charge in [-0.25, -0.2) is 14.8 Å². The van der Waals surface area contributed by atoms with Gasteiger partial charge in [-0.1, -0.05) is 0 Å². The maximum Gasteiger partial charge on any atom is 0.356 e. The quantitative estimate of drug-likeness (QED) is 0.915. The molecule has 82 valence electrons. The number of hydrogen-bond donors (Lipinski definition) is 1. The second kappa shape index (κ2) is 3.28. The molecule has 1 fully saturated rings. The molecule has 0 bridgehead atoms. The minimum atomic E-state index is -1.03. The van der Waals surface area contributed by atoms with E-state index in [-0.39, 0.29) is 5.69 Å². The van der Waals surface area contributed by atoms with Crippen LogP contribution < -0.4 is 0 Å². The van der Waals surface area contributed by atoms with Crippen molar-refractivity contribution < 1.29 is 9.90 Å². The van der Waals surface area contributed by atoms with Crippen LogP contribution in [0.5, 0.6) is 0 Å². The number of halogens is 1. The van der Waals surface area contributed by atoms with Crippen molar-refractivity contribution in [2.45, 2.75) is 18.8 Å². The monoisotopic (exact) mass is 281 g/mol. The molecule has 0 aliphatic heterocycles. The van der Waals surface area contributed by atoms with Gasteiger partial charge >= 0.3 is 5.97 Å². The third-order valence-electron chi connectivity index (χ3n) is 2.61. The Kier molecular flexibility index (Phi) is 2.00. The van der Waals surface area contributed by atoms with Gasteiger partial charge in [-0.3, -0.25) is 4.40 Å². The lowest BCUT2D eigenvalue weighted by atomic mass is 10.3. The average Bonchev–Trinajstić information content (AvgIpc) is 2.97. The molecule has 2 heterocycles. The molecule has 0 spiro atoms. The van der Waals surface area contributed by atoms with Gasteiger partial charge in [-0.15, -0.1) is 0 Å². The number of carboxylic acids is 1. The first kappa shape index (κ1) is 9.77. The lowest BCUT2D eigenvalue weighted by Crippen LogP contribution is -1.95. The molecule has 1 saturated carbocycles. The summed E-state index contributed by atoms with van der Waals surface area (Å²) in [6.45, 7) is 0. The van der Waals surface area contributed by atoms with Gasteiger partial charge in [0.1, 0.15) is 0 Å². The Labute approximate surface area is 99.3 Å². The van der Waals surface area contributed by atoms with Gasteiger partial charge in [0.25, 0.3) is 0 Å². The summed E-state index contributed by atoms with van der Waals surface area (Å²) in [5, 5.41) is 8.83. The standard InChI is InChI=1S/C10H8BrN3O2/c11-6-3-14-4-7(9(15)16)12-10(14)13-8(6)5-1-2-5/h3-5H,1-2H2,(H,15,16). The van der Waals surface area contributed by atoms with Crippen LogP contribution in [0, 0.1) is 0 Å². The highest BCUT2D eigenvalue weighted by atomic mass is 79.9. The van der Waals surface area contributed by atoms with Crippen molar-refractivity contribution in [1.82, 2.24) is 14.4 Å². The zero-order chi connectivity index (χ0) is 11.3. The van der Waals surface area contributed by atoms with Crippen LogP contribution in [0.3, 0.4) is 0 Å². The van der Waals surface area contributed by atoms with Crippen molar-refractivity contribution in [3.05, 3.63) is 28.3 Å². The minimum Gasteiger partial charge on any atom is -0.476 e. The van der Waals surface area contributed by atoms with E-state index in [0.717, 1.165) is 23.0 Å². The van der Waals surface area contributed by atoms with Gasteiger partial charge in [0.2, 0.25) is 5.78 Å². The summed E-state index contributed by atoms with van der Waals surface area (Å²) in [7, 11) is 0. The minimum absolute atomic E-state index is 0.0207. The Balaban J connectivity index is 2.19. The second-order valence-electron chi connectivity index (χ2n) is 3.89. The van der Waals surface area contributed by atoms with Gasteiger partial charge in [-0.05, 0) is 28.8 Å². The van der Waals surface area contributed by atoms with Crippen molar-refractivity contribution in [1.29, 1.82) is 0 Å². The SMILES string of the molecule is O=C(O)c1cn2cc(Br)c(C3CC3)nc2n1. The van der Waals surface area contributed by atoms with E-state index in [2.05, 4.69) is 25.9 Å². The number of carbonyl (C=O) groups is 1. The van der Waals surface area contributed by atoms with E-state index in [9.17, 15) is 4.79 Å². The van der Waals surface area contributed by atoms with Crippen molar-refractivity contribution in [3.63, 3.8) is 0 Å². The van der Waals surface area contributed by atoms with Crippen molar-refractivity contribution in [3.8, 4) is 0 Å². The molecule has 1 aliphatic rings. The summed E-state index contributed by atoms with van der Waals surface area (Å²) < 4.78 is 2.54. The fraction of sp³-hybridized carbons (Fsp3) is 0.300. The summed E-state index contributed by atoms with van der Waals surface area (Å²) in [4.78, 5) is 19.1. The van der Waals surface area contributed by atoms with E-state index in [1.807, 2.05) is 6.20 Å². The molecule has 0 amide bonds. The maximum absolute atomic E-state index is 10.8. The van der Waals surface area contributed by atoms with Gasteiger partial charge in [0, 0.05) is 18.3 Å². The van der Waals surface area contributed by atoms with Crippen LogP contribution in [0.4, 0.5) is 0 Å². The molecular formula is C10H8BrN3O2. The molecule has 0 unspecified atom stereocenters. The van der Waals surface area contributed by atoms with Crippen LogP contribution in [0.15, 0.2) is 16.9 Å². The zero-order valence-electron chi connectivity index (χ0n) is 8.22. The largest absolute Gasteiger partial charge is 0.476 e. The molecule has 0 saturated heterocycles. The molecule has 3 rings (SSSR count). The lowest BCUT2D eigenvalue weighted by Gasteiger charge is -2.01. The van der Waals surface area contributed by atoms with Crippen molar-refractivity contribution >= 4 is 27.7 Å².